The van der Waals surface area contributed by atoms with E-state index in [0.29, 0.717) is 32.1 Å². The van der Waals surface area contributed by atoms with Crippen LogP contribution in [0.2, 0.25) is 10.0 Å². The molecule has 1 heterocycles. The molecular weight excluding hydrogens is 337 g/mol. The number of ketones is 1. The van der Waals surface area contributed by atoms with E-state index < -0.39 is 5.97 Å². The average molecular weight is 348 g/mol. The lowest BCUT2D eigenvalue weighted by atomic mass is 10.0. The number of carbonyl (C=O) groups is 2. The van der Waals surface area contributed by atoms with Crippen LogP contribution in [0.25, 0.3) is 10.9 Å². The molecule has 0 bridgehead atoms. The highest BCUT2D eigenvalue weighted by Crippen LogP contribution is 2.30. The fourth-order valence-electron chi connectivity index (χ4n) is 2.51. The van der Waals surface area contributed by atoms with E-state index in [0.717, 1.165) is 0 Å². The number of carboxylic acid groups (broad SMARTS) is 1. The van der Waals surface area contributed by atoms with E-state index in [1.54, 1.807) is 42.5 Å². The molecule has 3 rings (SSSR count). The van der Waals surface area contributed by atoms with Gasteiger partial charge in [-0.25, -0.2) is 0 Å². The van der Waals surface area contributed by atoms with Crippen LogP contribution in [-0.2, 0) is 11.2 Å². The normalized spacial score (nSPS) is 10.9. The maximum absolute atomic E-state index is 12.7. The van der Waals surface area contributed by atoms with E-state index in [4.69, 9.17) is 28.3 Å². The van der Waals surface area contributed by atoms with Crippen molar-refractivity contribution < 1.29 is 14.7 Å². The Morgan fingerprint density at radius 3 is 2.39 bits per heavy atom. The van der Waals surface area contributed by atoms with Gasteiger partial charge in [0.05, 0.1) is 22.7 Å². The number of fused-ring (bicyclic) bond motifs is 1. The summed E-state index contributed by atoms with van der Waals surface area (Å²) >= 11 is 12.0. The number of aliphatic carboxylic acids is 1. The predicted molar refractivity (Wildman–Crippen MR) is 89.5 cm³/mol. The second-order valence-corrected chi connectivity index (χ2v) is 5.89. The molecular formula is C17H11Cl2NO3. The number of carboxylic acids is 1. The van der Waals surface area contributed by atoms with Gasteiger partial charge in [-0.15, -0.1) is 0 Å². The van der Waals surface area contributed by atoms with Gasteiger partial charge in [-0.3, -0.25) is 9.59 Å². The third-order valence-corrected chi connectivity index (χ3v) is 4.12. The number of carbonyl (C=O) groups excluding carboxylic acids is 1. The van der Waals surface area contributed by atoms with Gasteiger partial charge >= 0.3 is 5.97 Å². The summed E-state index contributed by atoms with van der Waals surface area (Å²) in [6.45, 7) is 0. The zero-order valence-electron chi connectivity index (χ0n) is 11.8. The first kappa shape index (κ1) is 15.6. The number of aromatic amines is 1. The van der Waals surface area contributed by atoms with Crippen LogP contribution in [0.3, 0.4) is 0 Å². The Kier molecular flexibility index (Phi) is 4.11. The van der Waals surface area contributed by atoms with E-state index in [2.05, 4.69) is 4.98 Å². The van der Waals surface area contributed by atoms with Crippen molar-refractivity contribution in [1.29, 1.82) is 0 Å². The Balaban J connectivity index is 2.19. The molecule has 116 valence electrons. The fourth-order valence-corrected chi connectivity index (χ4v) is 2.86. The largest absolute Gasteiger partial charge is 0.481 e. The monoisotopic (exact) mass is 347 g/mol. The van der Waals surface area contributed by atoms with Crippen molar-refractivity contribution in [2.45, 2.75) is 6.42 Å². The molecule has 0 aliphatic rings. The lowest BCUT2D eigenvalue weighted by Crippen LogP contribution is -2.08. The van der Waals surface area contributed by atoms with Crippen LogP contribution >= 0.6 is 23.2 Å². The number of benzene rings is 2. The van der Waals surface area contributed by atoms with Crippen LogP contribution in [-0.4, -0.2) is 21.8 Å². The number of para-hydroxylation sites is 1. The minimum atomic E-state index is -1.02. The molecule has 0 aliphatic heterocycles. The van der Waals surface area contributed by atoms with Crippen LogP contribution in [0.15, 0.2) is 42.5 Å². The van der Waals surface area contributed by atoms with Crippen molar-refractivity contribution in [2.24, 2.45) is 0 Å². The molecule has 2 N–H and O–H groups in total. The van der Waals surface area contributed by atoms with E-state index in [1.165, 1.54) is 0 Å². The van der Waals surface area contributed by atoms with Crippen molar-refractivity contribution in [3.05, 3.63) is 69.3 Å². The van der Waals surface area contributed by atoms with Crippen molar-refractivity contribution in [2.75, 3.05) is 0 Å². The SMILES string of the molecule is O=C(O)Cc1c(C(=O)c2ccc(Cl)cc2)[nH]c2c(Cl)cccc12. The third-order valence-electron chi connectivity index (χ3n) is 3.55. The molecule has 0 aliphatic carbocycles. The van der Waals surface area contributed by atoms with E-state index in [9.17, 15) is 9.59 Å². The Labute approximate surface area is 141 Å². The number of aromatic nitrogens is 1. The Morgan fingerprint density at radius 1 is 1.04 bits per heavy atom. The predicted octanol–water partition coefficient (Wildman–Crippen LogP) is 4.33. The zero-order chi connectivity index (χ0) is 16.6. The quantitative estimate of drug-likeness (QED) is 0.690. The van der Waals surface area contributed by atoms with Crippen LogP contribution in [0.4, 0.5) is 0 Å². The Bertz CT molecular complexity index is 913. The molecule has 3 aromatic rings. The molecule has 1 aromatic heterocycles. The second-order valence-electron chi connectivity index (χ2n) is 5.05. The number of halogens is 2. The lowest BCUT2D eigenvalue weighted by molar-refractivity contribution is -0.136. The fraction of sp³-hybridized carbons (Fsp3) is 0.0588. The first-order chi connectivity index (χ1) is 11.0. The van der Waals surface area contributed by atoms with Gasteiger partial charge in [-0.05, 0) is 30.3 Å². The van der Waals surface area contributed by atoms with Gasteiger partial charge in [0.15, 0.2) is 0 Å². The smallest absolute Gasteiger partial charge is 0.307 e. The topological polar surface area (TPSA) is 70.2 Å². The summed E-state index contributed by atoms with van der Waals surface area (Å²) in [6.07, 6.45) is -0.269. The van der Waals surface area contributed by atoms with Crippen molar-refractivity contribution in [1.82, 2.24) is 4.98 Å². The summed E-state index contributed by atoms with van der Waals surface area (Å²) in [6, 6.07) is 11.6. The number of nitrogens with one attached hydrogen (secondary N) is 1. The molecule has 0 fully saturated rings. The van der Waals surface area contributed by atoms with Gasteiger partial charge in [-0.1, -0.05) is 35.3 Å². The van der Waals surface area contributed by atoms with E-state index >= 15 is 0 Å². The molecule has 0 radical (unpaired) electrons. The summed E-state index contributed by atoms with van der Waals surface area (Å²) in [5.74, 6) is -1.32. The molecule has 23 heavy (non-hydrogen) atoms. The summed E-state index contributed by atoms with van der Waals surface area (Å²) < 4.78 is 0. The third kappa shape index (κ3) is 2.96. The number of rotatable bonds is 4. The zero-order valence-corrected chi connectivity index (χ0v) is 13.3. The van der Waals surface area contributed by atoms with Gasteiger partial charge < -0.3 is 10.1 Å². The first-order valence-electron chi connectivity index (χ1n) is 6.78. The second kappa shape index (κ2) is 6.07. The van der Waals surface area contributed by atoms with Crippen molar-refractivity contribution in [3.8, 4) is 0 Å². The van der Waals surface area contributed by atoms with Crippen LogP contribution in [0.1, 0.15) is 21.6 Å². The minimum absolute atomic E-state index is 0.234. The van der Waals surface area contributed by atoms with Gasteiger partial charge in [0, 0.05) is 21.5 Å². The molecule has 0 unspecified atom stereocenters. The molecule has 0 saturated carbocycles. The summed E-state index contributed by atoms with van der Waals surface area (Å²) in [5, 5.41) is 10.7. The van der Waals surface area contributed by atoms with Crippen molar-refractivity contribution in [3.63, 3.8) is 0 Å². The van der Waals surface area contributed by atoms with Gasteiger partial charge in [0.2, 0.25) is 5.78 Å². The molecule has 4 nitrogen and oxygen atoms in total. The Hall–Kier alpha value is -2.30. The maximum Gasteiger partial charge on any atom is 0.307 e. The summed E-state index contributed by atoms with van der Waals surface area (Å²) in [7, 11) is 0. The highest BCUT2D eigenvalue weighted by Gasteiger charge is 2.21. The molecule has 6 heteroatoms. The maximum atomic E-state index is 12.7. The average Bonchev–Trinajstić information content (AvgIpc) is 2.87. The molecule has 2 aromatic carbocycles. The van der Waals surface area contributed by atoms with Crippen molar-refractivity contribution >= 4 is 45.9 Å². The van der Waals surface area contributed by atoms with E-state index in [-0.39, 0.29) is 17.9 Å². The summed E-state index contributed by atoms with van der Waals surface area (Å²) in [5.41, 5.74) is 1.64. The summed E-state index contributed by atoms with van der Waals surface area (Å²) in [4.78, 5) is 26.9. The molecule has 0 spiro atoms. The molecule has 0 atom stereocenters. The first-order valence-corrected chi connectivity index (χ1v) is 7.54. The van der Waals surface area contributed by atoms with Gasteiger partial charge in [0.25, 0.3) is 0 Å². The van der Waals surface area contributed by atoms with Crippen LogP contribution < -0.4 is 0 Å². The highest BCUT2D eigenvalue weighted by atomic mass is 35.5. The number of H-pyrrole nitrogens is 1. The molecule has 0 saturated heterocycles. The number of hydrogen-bond acceptors (Lipinski definition) is 2. The van der Waals surface area contributed by atoms with Crippen LogP contribution in [0, 0.1) is 0 Å². The highest BCUT2D eigenvalue weighted by molar-refractivity contribution is 6.35. The van der Waals surface area contributed by atoms with Gasteiger partial charge in [0.1, 0.15) is 0 Å². The minimum Gasteiger partial charge on any atom is -0.481 e. The van der Waals surface area contributed by atoms with E-state index in [1.807, 2.05) is 0 Å². The van der Waals surface area contributed by atoms with Crippen LogP contribution in [0.5, 0.6) is 0 Å². The van der Waals surface area contributed by atoms with Gasteiger partial charge in [-0.2, -0.15) is 0 Å². The Morgan fingerprint density at radius 2 is 1.74 bits per heavy atom. The lowest BCUT2D eigenvalue weighted by Gasteiger charge is -2.03. The molecule has 0 amide bonds. The standard InChI is InChI=1S/C17H11Cl2NO3/c18-10-6-4-9(5-7-10)17(23)16-12(8-14(21)22)11-2-1-3-13(19)15(11)20-16/h1-7,20H,8H2,(H,21,22). The number of hydrogen-bond donors (Lipinski definition) is 2.